The number of aromatic nitrogens is 3. The van der Waals surface area contributed by atoms with E-state index in [0.717, 1.165) is 41.0 Å². The van der Waals surface area contributed by atoms with Crippen LogP contribution in [0.3, 0.4) is 0 Å². The number of anilines is 2. The van der Waals surface area contributed by atoms with E-state index in [4.69, 9.17) is 0 Å². The molecular weight excluding hydrogens is 356 g/mol. The lowest BCUT2D eigenvalue weighted by Gasteiger charge is -2.21. The van der Waals surface area contributed by atoms with E-state index in [1.165, 1.54) is 11.5 Å². The van der Waals surface area contributed by atoms with Crippen LogP contribution in [-0.2, 0) is 17.8 Å². The molecule has 3 aromatic heterocycles. The van der Waals surface area contributed by atoms with Crippen molar-refractivity contribution in [3.63, 3.8) is 0 Å². The summed E-state index contributed by atoms with van der Waals surface area (Å²) in [5.74, 6) is 0.735. The van der Waals surface area contributed by atoms with Gasteiger partial charge in [0.1, 0.15) is 11.5 Å². The fourth-order valence-corrected chi connectivity index (χ4v) is 3.60. The third kappa shape index (κ3) is 3.28. The molecule has 4 heterocycles. The second-order valence-corrected chi connectivity index (χ2v) is 6.88. The monoisotopic (exact) mass is 378 g/mol. The van der Waals surface area contributed by atoms with Crippen LogP contribution in [0, 0.1) is 0 Å². The van der Waals surface area contributed by atoms with Crippen molar-refractivity contribution in [1.29, 1.82) is 0 Å². The molecule has 8 heteroatoms. The van der Waals surface area contributed by atoms with Gasteiger partial charge in [-0.15, -0.1) is 0 Å². The molecule has 4 rings (SSSR count). The molecule has 0 fully saturated rings. The van der Waals surface area contributed by atoms with E-state index in [9.17, 15) is 9.59 Å². The van der Waals surface area contributed by atoms with Gasteiger partial charge in [-0.2, -0.15) is 0 Å². The maximum Gasteiger partial charge on any atom is 0.239 e. The SMILES string of the molecule is CC(=O)n1ccc2c(CNC(=O)CN(C)c3ccnc4c3CCN4)ccnc21. The number of fused-ring (bicyclic) bond motifs is 2. The van der Waals surface area contributed by atoms with Crippen LogP contribution in [0.1, 0.15) is 22.8 Å². The largest absolute Gasteiger partial charge is 0.369 e. The second-order valence-electron chi connectivity index (χ2n) is 6.88. The lowest BCUT2D eigenvalue weighted by atomic mass is 10.1. The van der Waals surface area contributed by atoms with Crippen LogP contribution >= 0.6 is 0 Å². The molecule has 0 bridgehead atoms. The van der Waals surface area contributed by atoms with Crippen LogP contribution < -0.4 is 15.5 Å². The average Bonchev–Trinajstić information content (AvgIpc) is 3.32. The zero-order valence-electron chi connectivity index (χ0n) is 15.9. The topological polar surface area (TPSA) is 92.2 Å². The number of nitrogens with one attached hydrogen (secondary N) is 2. The molecule has 28 heavy (non-hydrogen) atoms. The maximum atomic E-state index is 12.5. The quantitative estimate of drug-likeness (QED) is 0.704. The van der Waals surface area contributed by atoms with Gasteiger partial charge in [0.05, 0.1) is 6.54 Å². The summed E-state index contributed by atoms with van der Waals surface area (Å²) in [6, 6.07) is 5.65. The van der Waals surface area contributed by atoms with Crippen LogP contribution in [0.2, 0.25) is 0 Å². The summed E-state index contributed by atoms with van der Waals surface area (Å²) in [5, 5.41) is 7.08. The van der Waals surface area contributed by atoms with Gasteiger partial charge in [0, 0.05) is 62.3 Å². The number of amides is 1. The maximum absolute atomic E-state index is 12.5. The summed E-state index contributed by atoms with van der Waals surface area (Å²) >= 11 is 0. The lowest BCUT2D eigenvalue weighted by Crippen LogP contribution is -2.35. The highest BCUT2D eigenvalue weighted by Gasteiger charge is 2.19. The van der Waals surface area contributed by atoms with Crippen LogP contribution in [0.15, 0.2) is 36.8 Å². The van der Waals surface area contributed by atoms with Crippen LogP contribution in [0.5, 0.6) is 0 Å². The number of likely N-dealkylation sites (N-methyl/N-ethyl adjacent to an activating group) is 1. The standard InChI is InChI=1S/C20H22N6O2/c1-13(27)26-10-6-15-14(3-7-23-20(15)26)11-24-18(28)12-25(2)17-5-9-22-19-16(17)4-8-21-19/h3,5-7,9-10H,4,8,11-12H2,1-2H3,(H,21,22)(H,24,28). The smallest absolute Gasteiger partial charge is 0.239 e. The van der Waals surface area contributed by atoms with E-state index in [1.807, 2.05) is 30.1 Å². The van der Waals surface area contributed by atoms with Gasteiger partial charge in [-0.05, 0) is 30.2 Å². The van der Waals surface area contributed by atoms with Gasteiger partial charge in [-0.25, -0.2) is 9.97 Å². The minimum atomic E-state index is -0.0929. The van der Waals surface area contributed by atoms with Crippen molar-refractivity contribution in [1.82, 2.24) is 19.9 Å². The molecule has 1 aliphatic rings. The van der Waals surface area contributed by atoms with Crippen molar-refractivity contribution < 1.29 is 9.59 Å². The highest BCUT2D eigenvalue weighted by molar-refractivity contribution is 5.91. The van der Waals surface area contributed by atoms with Crippen molar-refractivity contribution in [2.45, 2.75) is 19.9 Å². The summed E-state index contributed by atoms with van der Waals surface area (Å²) in [6.07, 6.45) is 6.03. The second kappa shape index (κ2) is 7.30. The van der Waals surface area contributed by atoms with Gasteiger partial charge < -0.3 is 15.5 Å². The molecule has 0 saturated heterocycles. The Hall–Kier alpha value is -3.42. The van der Waals surface area contributed by atoms with Gasteiger partial charge in [-0.1, -0.05) is 0 Å². The molecule has 0 aliphatic carbocycles. The Morgan fingerprint density at radius 3 is 2.89 bits per heavy atom. The number of rotatable bonds is 5. The molecule has 1 amide bonds. The third-order valence-corrected chi connectivity index (χ3v) is 4.98. The first-order valence-corrected chi connectivity index (χ1v) is 9.20. The van der Waals surface area contributed by atoms with E-state index >= 15 is 0 Å². The molecule has 0 unspecified atom stereocenters. The van der Waals surface area contributed by atoms with E-state index in [1.54, 1.807) is 18.6 Å². The molecule has 0 atom stereocenters. The van der Waals surface area contributed by atoms with Gasteiger partial charge in [0.2, 0.25) is 11.8 Å². The Balaban J connectivity index is 1.43. The molecule has 8 nitrogen and oxygen atoms in total. The molecule has 0 aromatic carbocycles. The van der Waals surface area contributed by atoms with Crippen molar-refractivity contribution in [3.8, 4) is 0 Å². The fourth-order valence-electron chi connectivity index (χ4n) is 3.60. The molecular formula is C20H22N6O2. The van der Waals surface area contributed by atoms with Gasteiger partial charge >= 0.3 is 0 Å². The highest BCUT2D eigenvalue weighted by Crippen LogP contribution is 2.29. The van der Waals surface area contributed by atoms with Gasteiger partial charge in [-0.3, -0.25) is 14.2 Å². The fraction of sp³-hybridized carbons (Fsp3) is 0.300. The van der Waals surface area contributed by atoms with Gasteiger partial charge in [0.25, 0.3) is 0 Å². The third-order valence-electron chi connectivity index (χ3n) is 4.98. The summed E-state index contributed by atoms with van der Waals surface area (Å²) in [6.45, 7) is 3.00. The Morgan fingerprint density at radius 1 is 1.25 bits per heavy atom. The summed E-state index contributed by atoms with van der Waals surface area (Å²) in [7, 11) is 1.91. The molecule has 0 radical (unpaired) electrons. The number of carbonyl (C=O) groups is 2. The summed E-state index contributed by atoms with van der Waals surface area (Å²) in [5.41, 5.74) is 3.71. The van der Waals surface area contributed by atoms with E-state index in [0.29, 0.717) is 12.2 Å². The lowest BCUT2D eigenvalue weighted by molar-refractivity contribution is -0.119. The van der Waals surface area contributed by atoms with Crippen LogP contribution in [0.4, 0.5) is 11.5 Å². The summed E-state index contributed by atoms with van der Waals surface area (Å²) in [4.78, 5) is 34.7. The Kier molecular flexibility index (Phi) is 4.68. The first kappa shape index (κ1) is 18.0. The molecule has 0 spiro atoms. The average molecular weight is 378 g/mol. The van der Waals surface area contributed by atoms with E-state index in [2.05, 4.69) is 20.6 Å². The van der Waals surface area contributed by atoms with E-state index in [-0.39, 0.29) is 18.4 Å². The predicted octanol–water partition coefficient (Wildman–Crippen LogP) is 1.81. The number of carbonyl (C=O) groups excluding carboxylic acids is 2. The molecule has 0 saturated carbocycles. The highest BCUT2D eigenvalue weighted by atomic mass is 16.2. The predicted molar refractivity (Wildman–Crippen MR) is 108 cm³/mol. The number of nitrogens with zero attached hydrogens (tertiary/aromatic N) is 4. The van der Waals surface area contributed by atoms with Gasteiger partial charge in [0.15, 0.2) is 0 Å². The summed E-state index contributed by atoms with van der Waals surface area (Å²) < 4.78 is 1.51. The van der Waals surface area contributed by atoms with Crippen LogP contribution in [0.25, 0.3) is 11.0 Å². The minimum Gasteiger partial charge on any atom is -0.369 e. The van der Waals surface area contributed by atoms with Crippen molar-refractivity contribution >= 4 is 34.4 Å². The zero-order chi connectivity index (χ0) is 19.7. The molecule has 144 valence electrons. The molecule has 1 aliphatic heterocycles. The van der Waals surface area contributed by atoms with Crippen LogP contribution in [-0.4, -0.2) is 46.5 Å². The Morgan fingerprint density at radius 2 is 2.07 bits per heavy atom. The normalized spacial score (nSPS) is 12.5. The van der Waals surface area contributed by atoms with E-state index < -0.39 is 0 Å². The Bertz CT molecular complexity index is 1060. The van der Waals surface area contributed by atoms with Crippen molar-refractivity contribution in [3.05, 3.63) is 47.9 Å². The Labute approximate surface area is 162 Å². The number of pyridine rings is 2. The number of hydrogen-bond acceptors (Lipinski definition) is 6. The minimum absolute atomic E-state index is 0.0741. The number of hydrogen-bond donors (Lipinski definition) is 2. The molecule has 3 aromatic rings. The first-order chi connectivity index (χ1) is 13.5. The molecule has 2 N–H and O–H groups in total. The first-order valence-electron chi connectivity index (χ1n) is 9.20. The zero-order valence-corrected chi connectivity index (χ0v) is 15.9. The van der Waals surface area contributed by atoms with Crippen molar-refractivity contribution in [2.24, 2.45) is 0 Å². The van der Waals surface area contributed by atoms with Crippen molar-refractivity contribution in [2.75, 3.05) is 30.4 Å².